The van der Waals surface area contributed by atoms with Gasteiger partial charge in [0, 0.05) is 0 Å². The Kier molecular flexibility index (Phi) is 2.59. The summed E-state index contributed by atoms with van der Waals surface area (Å²) >= 11 is 0. The van der Waals surface area contributed by atoms with E-state index in [9.17, 15) is 9.90 Å². The molecule has 0 unspecified atom stereocenters. The maximum atomic E-state index is 11.7. The number of rotatable bonds is 1. The minimum absolute atomic E-state index is 0.0643. The minimum Gasteiger partial charge on any atom is -0.504 e. The molecule has 1 heterocycles. The molecule has 0 radical (unpaired) electrons. The Bertz CT molecular complexity index is 632. The highest BCUT2D eigenvalue weighted by molar-refractivity contribution is 5.47. The second kappa shape index (κ2) is 3.93. The summed E-state index contributed by atoms with van der Waals surface area (Å²) in [6.07, 6.45) is 0. The van der Waals surface area contributed by atoms with Crippen molar-refractivity contribution < 1.29 is 5.11 Å². The lowest BCUT2D eigenvalue weighted by molar-refractivity contribution is 0.471. The third kappa shape index (κ3) is 1.87. The van der Waals surface area contributed by atoms with Crippen LogP contribution in [0.5, 0.6) is 5.75 Å². The predicted molar refractivity (Wildman–Crippen MR) is 65.4 cm³/mol. The van der Waals surface area contributed by atoms with Gasteiger partial charge in [0.05, 0.1) is 11.8 Å². The van der Waals surface area contributed by atoms with Crippen molar-refractivity contribution in [1.29, 1.82) is 0 Å². The van der Waals surface area contributed by atoms with Crippen LogP contribution in [0.2, 0.25) is 0 Å². The molecule has 0 aliphatic carbocycles. The summed E-state index contributed by atoms with van der Waals surface area (Å²) in [6, 6.07) is 6.64. The SMILES string of the molecule is Cc1cccc(-n2nc(N)c(O)cc2=O)c1C. The van der Waals surface area contributed by atoms with Crippen LogP contribution < -0.4 is 11.3 Å². The molecular weight excluding hydrogens is 218 g/mol. The largest absolute Gasteiger partial charge is 0.504 e. The monoisotopic (exact) mass is 231 g/mol. The summed E-state index contributed by atoms with van der Waals surface area (Å²) in [5.74, 6) is -0.359. The zero-order chi connectivity index (χ0) is 12.6. The van der Waals surface area contributed by atoms with Gasteiger partial charge in [-0.3, -0.25) is 4.79 Å². The molecule has 17 heavy (non-hydrogen) atoms. The van der Waals surface area contributed by atoms with Gasteiger partial charge in [-0.15, -0.1) is 5.10 Å². The lowest BCUT2D eigenvalue weighted by atomic mass is 10.1. The number of anilines is 1. The Morgan fingerprint density at radius 2 is 2.06 bits per heavy atom. The Morgan fingerprint density at radius 1 is 1.35 bits per heavy atom. The third-order valence-electron chi connectivity index (χ3n) is 2.74. The van der Waals surface area contributed by atoms with E-state index in [4.69, 9.17) is 5.73 Å². The quantitative estimate of drug-likeness (QED) is 0.771. The second-order valence-electron chi connectivity index (χ2n) is 3.88. The van der Waals surface area contributed by atoms with Crippen molar-refractivity contribution in [3.05, 3.63) is 45.7 Å². The summed E-state index contributed by atoms with van der Waals surface area (Å²) in [5, 5.41) is 13.2. The van der Waals surface area contributed by atoms with Crippen molar-refractivity contribution in [2.75, 3.05) is 5.73 Å². The summed E-state index contributed by atoms with van der Waals surface area (Å²) in [4.78, 5) is 11.7. The topological polar surface area (TPSA) is 81.1 Å². The first kappa shape index (κ1) is 11.2. The van der Waals surface area contributed by atoms with E-state index in [1.54, 1.807) is 6.07 Å². The third-order valence-corrected chi connectivity index (χ3v) is 2.74. The lowest BCUT2D eigenvalue weighted by Gasteiger charge is -2.10. The maximum Gasteiger partial charge on any atom is 0.275 e. The summed E-state index contributed by atoms with van der Waals surface area (Å²) < 4.78 is 1.19. The molecule has 0 atom stereocenters. The van der Waals surface area contributed by atoms with E-state index in [-0.39, 0.29) is 11.6 Å². The van der Waals surface area contributed by atoms with Gasteiger partial charge in [-0.05, 0) is 31.0 Å². The fraction of sp³-hybridized carbons (Fsp3) is 0.167. The molecule has 5 nitrogen and oxygen atoms in total. The molecule has 0 saturated carbocycles. The highest BCUT2D eigenvalue weighted by atomic mass is 16.3. The van der Waals surface area contributed by atoms with Crippen LogP contribution in [0.4, 0.5) is 5.82 Å². The van der Waals surface area contributed by atoms with Gasteiger partial charge in [0.25, 0.3) is 5.56 Å². The van der Waals surface area contributed by atoms with Crippen LogP contribution in [0, 0.1) is 13.8 Å². The second-order valence-corrected chi connectivity index (χ2v) is 3.88. The van der Waals surface area contributed by atoms with E-state index in [1.807, 2.05) is 26.0 Å². The van der Waals surface area contributed by atoms with Crippen molar-refractivity contribution in [2.24, 2.45) is 0 Å². The molecule has 88 valence electrons. The zero-order valence-electron chi connectivity index (χ0n) is 9.64. The van der Waals surface area contributed by atoms with Crippen molar-refractivity contribution in [3.63, 3.8) is 0 Å². The summed E-state index contributed by atoms with van der Waals surface area (Å²) in [7, 11) is 0. The van der Waals surface area contributed by atoms with Crippen molar-refractivity contribution >= 4 is 5.82 Å². The highest BCUT2D eigenvalue weighted by Gasteiger charge is 2.09. The van der Waals surface area contributed by atoms with Crippen LogP contribution in [0.15, 0.2) is 29.1 Å². The van der Waals surface area contributed by atoms with Gasteiger partial charge < -0.3 is 10.8 Å². The lowest BCUT2D eigenvalue weighted by Crippen LogP contribution is -2.22. The van der Waals surface area contributed by atoms with E-state index < -0.39 is 5.56 Å². The van der Waals surface area contributed by atoms with Crippen LogP contribution >= 0.6 is 0 Å². The average Bonchev–Trinajstić information content (AvgIpc) is 2.28. The van der Waals surface area contributed by atoms with Crippen LogP contribution in [-0.4, -0.2) is 14.9 Å². The van der Waals surface area contributed by atoms with Crippen molar-refractivity contribution in [2.45, 2.75) is 13.8 Å². The van der Waals surface area contributed by atoms with Crippen LogP contribution in [0.3, 0.4) is 0 Å². The molecule has 0 amide bonds. The number of nitrogens with zero attached hydrogens (tertiary/aromatic N) is 2. The molecule has 2 rings (SSSR count). The molecule has 0 fully saturated rings. The number of hydrogen-bond acceptors (Lipinski definition) is 4. The molecule has 0 spiro atoms. The Morgan fingerprint density at radius 3 is 2.76 bits per heavy atom. The van der Waals surface area contributed by atoms with Gasteiger partial charge in [0.2, 0.25) is 0 Å². The molecule has 2 aromatic rings. The number of benzene rings is 1. The average molecular weight is 231 g/mol. The first-order valence-corrected chi connectivity index (χ1v) is 5.16. The van der Waals surface area contributed by atoms with Gasteiger partial charge in [-0.2, -0.15) is 4.68 Å². The van der Waals surface area contributed by atoms with Crippen molar-refractivity contribution in [3.8, 4) is 11.4 Å². The van der Waals surface area contributed by atoms with E-state index >= 15 is 0 Å². The predicted octanol–water partition coefficient (Wildman–Crippen LogP) is 1.14. The number of aromatic nitrogens is 2. The Labute approximate surface area is 98.1 Å². The van der Waals surface area contributed by atoms with Crippen LogP contribution in [0.25, 0.3) is 5.69 Å². The molecule has 0 bridgehead atoms. The molecule has 1 aromatic heterocycles. The van der Waals surface area contributed by atoms with Crippen LogP contribution in [0.1, 0.15) is 11.1 Å². The number of nitrogen functional groups attached to an aromatic ring is 1. The fourth-order valence-corrected chi connectivity index (χ4v) is 1.60. The summed E-state index contributed by atoms with van der Waals surface area (Å²) in [5.41, 5.74) is 7.76. The molecule has 3 N–H and O–H groups in total. The van der Waals surface area contributed by atoms with Crippen molar-refractivity contribution in [1.82, 2.24) is 9.78 Å². The maximum absolute atomic E-state index is 11.7. The number of hydrogen-bond donors (Lipinski definition) is 2. The van der Waals surface area contributed by atoms with Gasteiger partial charge in [-0.25, -0.2) is 0 Å². The molecule has 0 aliphatic heterocycles. The Balaban J connectivity index is 2.73. The van der Waals surface area contributed by atoms with Gasteiger partial charge >= 0.3 is 0 Å². The van der Waals surface area contributed by atoms with E-state index in [1.165, 1.54) is 4.68 Å². The van der Waals surface area contributed by atoms with Gasteiger partial charge in [0.15, 0.2) is 11.6 Å². The highest BCUT2D eigenvalue weighted by Crippen LogP contribution is 2.18. The Hall–Kier alpha value is -2.30. The normalized spacial score (nSPS) is 10.5. The van der Waals surface area contributed by atoms with E-state index in [0.717, 1.165) is 17.2 Å². The minimum atomic E-state index is -0.412. The fourth-order valence-electron chi connectivity index (χ4n) is 1.60. The number of aryl methyl sites for hydroxylation is 1. The number of nitrogens with two attached hydrogens (primary N) is 1. The molecule has 0 saturated heterocycles. The van der Waals surface area contributed by atoms with E-state index in [2.05, 4.69) is 5.10 Å². The van der Waals surface area contributed by atoms with Gasteiger partial charge in [0.1, 0.15) is 0 Å². The van der Waals surface area contributed by atoms with Gasteiger partial charge in [-0.1, -0.05) is 12.1 Å². The molecule has 1 aromatic carbocycles. The zero-order valence-corrected chi connectivity index (χ0v) is 9.64. The molecular formula is C12H13N3O2. The molecule has 5 heteroatoms. The smallest absolute Gasteiger partial charge is 0.275 e. The standard InChI is InChI=1S/C12H13N3O2/c1-7-4-3-5-9(8(7)2)15-11(17)6-10(16)12(13)14-15/h3-6,16H,1-2H3,(H2,13,14). The molecule has 0 aliphatic rings. The van der Waals surface area contributed by atoms with Crippen LogP contribution in [-0.2, 0) is 0 Å². The first-order chi connectivity index (χ1) is 8.00. The summed E-state index contributed by atoms with van der Waals surface area (Å²) in [6.45, 7) is 3.86. The van der Waals surface area contributed by atoms with E-state index in [0.29, 0.717) is 5.69 Å². The first-order valence-electron chi connectivity index (χ1n) is 5.16. The number of aromatic hydroxyl groups is 1.